The molecule has 0 spiro atoms. The minimum Gasteiger partial charge on any atom is -0.356 e. The second kappa shape index (κ2) is 10.3. The molecule has 2 aromatic rings. The topological polar surface area (TPSA) is 65.8 Å². The van der Waals surface area contributed by atoms with E-state index in [-0.39, 0.29) is 36.4 Å². The summed E-state index contributed by atoms with van der Waals surface area (Å²) in [7, 11) is 3.56. The van der Waals surface area contributed by atoms with Gasteiger partial charge in [0.15, 0.2) is 5.96 Å². The van der Waals surface area contributed by atoms with Gasteiger partial charge in [0.25, 0.3) is 0 Å². The molecule has 28 heavy (non-hydrogen) atoms. The summed E-state index contributed by atoms with van der Waals surface area (Å²) < 4.78 is 1.69. The first-order chi connectivity index (χ1) is 13.0. The third kappa shape index (κ3) is 5.74. The summed E-state index contributed by atoms with van der Waals surface area (Å²) in [5, 5.41) is 8.69. The zero-order chi connectivity index (χ0) is 19.4. The lowest BCUT2D eigenvalue weighted by molar-refractivity contribution is -0.120. The fourth-order valence-corrected chi connectivity index (χ4v) is 3.65. The Bertz CT molecular complexity index is 836. The molecular weight excluding hydrogens is 514 g/mol. The highest BCUT2D eigenvalue weighted by atomic mass is 127. The van der Waals surface area contributed by atoms with Crippen LogP contribution < -0.4 is 10.2 Å². The van der Waals surface area contributed by atoms with Crippen molar-refractivity contribution in [3.8, 4) is 0 Å². The van der Waals surface area contributed by atoms with Crippen molar-refractivity contribution in [1.29, 1.82) is 0 Å². The maximum atomic E-state index is 12.5. The third-order valence-electron chi connectivity index (χ3n) is 4.35. The number of rotatable bonds is 4. The molecule has 0 unspecified atom stereocenters. The Hall–Kier alpha value is -1.52. The molecule has 3 rings (SSSR count). The number of guanidine groups is 1. The van der Waals surface area contributed by atoms with Gasteiger partial charge in [0.05, 0.1) is 11.9 Å². The molecule has 1 fully saturated rings. The summed E-state index contributed by atoms with van der Waals surface area (Å²) in [5.41, 5.74) is 1.87. The average Bonchev–Trinajstić information content (AvgIpc) is 3.04. The predicted molar refractivity (Wildman–Crippen MR) is 124 cm³/mol. The number of carbonyl (C=O) groups is 1. The van der Waals surface area contributed by atoms with Crippen LogP contribution in [-0.4, -0.2) is 59.8 Å². The average molecular weight is 537 g/mol. The number of aryl methyl sites for hydroxylation is 1. The van der Waals surface area contributed by atoms with Crippen LogP contribution in [0.1, 0.15) is 5.56 Å². The maximum Gasteiger partial charge on any atom is 0.246 e. The number of piperazine rings is 1. The largest absolute Gasteiger partial charge is 0.356 e. The van der Waals surface area contributed by atoms with Crippen molar-refractivity contribution in [2.24, 2.45) is 12.0 Å². The number of anilines is 1. The second-order valence-electron chi connectivity index (χ2n) is 6.34. The van der Waals surface area contributed by atoms with Crippen LogP contribution in [-0.2, 0) is 18.3 Å². The van der Waals surface area contributed by atoms with E-state index < -0.39 is 0 Å². The Balaban J connectivity index is 0.00000280. The molecule has 2 heterocycles. The number of nitrogens with zero attached hydrogens (tertiary/aromatic N) is 5. The lowest BCUT2D eigenvalue weighted by Crippen LogP contribution is -2.55. The third-order valence-corrected chi connectivity index (χ3v) is 4.79. The number of aromatic nitrogens is 2. The first-order valence-electron chi connectivity index (χ1n) is 8.66. The van der Waals surface area contributed by atoms with Crippen LogP contribution in [0, 0.1) is 0 Å². The smallest absolute Gasteiger partial charge is 0.246 e. The summed E-state index contributed by atoms with van der Waals surface area (Å²) in [5.74, 6) is 0.737. The van der Waals surface area contributed by atoms with E-state index in [0.29, 0.717) is 35.6 Å². The van der Waals surface area contributed by atoms with Crippen molar-refractivity contribution in [2.45, 2.75) is 6.42 Å². The van der Waals surface area contributed by atoms with E-state index in [2.05, 4.69) is 15.4 Å². The van der Waals surface area contributed by atoms with Crippen LogP contribution in [0.3, 0.4) is 0 Å². The lowest BCUT2D eigenvalue weighted by Gasteiger charge is -2.35. The summed E-state index contributed by atoms with van der Waals surface area (Å²) in [6.07, 6.45) is 4.30. The standard InChI is InChI=1S/C18H22Cl2N6O.HI/c1-21-18(22-4-3-13-7-14(19)9-15(20)8-13)25-5-6-26(17(27)12-25)16-10-23-24(2)11-16;/h7-11H,3-6,12H2,1-2H3,(H,21,22);1H. The molecule has 1 N–H and O–H groups in total. The van der Waals surface area contributed by atoms with Crippen molar-refractivity contribution in [1.82, 2.24) is 20.0 Å². The van der Waals surface area contributed by atoms with Gasteiger partial charge in [-0.15, -0.1) is 24.0 Å². The zero-order valence-corrected chi connectivity index (χ0v) is 19.6. The van der Waals surface area contributed by atoms with Crippen molar-refractivity contribution >= 4 is 64.7 Å². The molecule has 0 radical (unpaired) electrons. The van der Waals surface area contributed by atoms with E-state index >= 15 is 0 Å². The SMILES string of the molecule is CN=C(NCCc1cc(Cl)cc(Cl)c1)N1CCN(c2cnn(C)c2)C(=O)C1.I. The molecule has 1 amide bonds. The van der Waals surface area contributed by atoms with Crippen LogP contribution in [0.4, 0.5) is 5.69 Å². The quantitative estimate of drug-likeness (QED) is 0.371. The molecule has 0 bridgehead atoms. The Morgan fingerprint density at radius 1 is 1.25 bits per heavy atom. The first-order valence-corrected chi connectivity index (χ1v) is 9.41. The molecular formula is C18H23Cl2IN6O. The highest BCUT2D eigenvalue weighted by molar-refractivity contribution is 14.0. The molecule has 0 atom stereocenters. The molecule has 0 aliphatic carbocycles. The van der Waals surface area contributed by atoms with Gasteiger partial charge in [-0.1, -0.05) is 23.2 Å². The fourth-order valence-electron chi connectivity index (χ4n) is 3.08. The Morgan fingerprint density at radius 2 is 1.96 bits per heavy atom. The van der Waals surface area contributed by atoms with Crippen LogP contribution in [0.15, 0.2) is 35.6 Å². The molecule has 0 saturated carbocycles. The fraction of sp³-hybridized carbons (Fsp3) is 0.389. The van der Waals surface area contributed by atoms with E-state index in [1.54, 1.807) is 28.9 Å². The van der Waals surface area contributed by atoms with Crippen LogP contribution in [0.5, 0.6) is 0 Å². The van der Waals surface area contributed by atoms with Gasteiger partial charge in [0, 0.05) is 50.0 Å². The Kier molecular flexibility index (Phi) is 8.38. The number of halogens is 3. The summed E-state index contributed by atoms with van der Waals surface area (Å²) in [6.45, 7) is 2.23. The number of benzene rings is 1. The van der Waals surface area contributed by atoms with Crippen molar-refractivity contribution in [3.05, 3.63) is 46.2 Å². The maximum absolute atomic E-state index is 12.5. The van der Waals surface area contributed by atoms with E-state index in [4.69, 9.17) is 23.2 Å². The highest BCUT2D eigenvalue weighted by Crippen LogP contribution is 2.19. The number of amides is 1. The molecule has 1 saturated heterocycles. The van der Waals surface area contributed by atoms with Crippen LogP contribution in [0.2, 0.25) is 10.0 Å². The van der Waals surface area contributed by atoms with Gasteiger partial charge in [-0.25, -0.2) is 0 Å². The monoisotopic (exact) mass is 536 g/mol. The molecule has 1 aromatic carbocycles. The highest BCUT2D eigenvalue weighted by Gasteiger charge is 2.27. The van der Waals surface area contributed by atoms with Crippen molar-refractivity contribution in [2.75, 3.05) is 38.1 Å². The number of nitrogens with one attached hydrogen (secondary N) is 1. The van der Waals surface area contributed by atoms with E-state index in [1.165, 1.54) is 0 Å². The van der Waals surface area contributed by atoms with E-state index in [1.807, 2.05) is 30.3 Å². The number of hydrogen-bond acceptors (Lipinski definition) is 3. The molecule has 152 valence electrons. The van der Waals surface area contributed by atoms with E-state index in [9.17, 15) is 4.79 Å². The van der Waals surface area contributed by atoms with Crippen molar-refractivity contribution in [3.63, 3.8) is 0 Å². The summed E-state index contributed by atoms with van der Waals surface area (Å²) >= 11 is 12.1. The number of aliphatic imine (C=N–C) groups is 1. The van der Waals surface area contributed by atoms with Gasteiger partial charge in [0.2, 0.25) is 5.91 Å². The van der Waals surface area contributed by atoms with Gasteiger partial charge in [-0.2, -0.15) is 5.10 Å². The second-order valence-corrected chi connectivity index (χ2v) is 7.21. The normalized spacial score (nSPS) is 14.9. The molecule has 1 aromatic heterocycles. The lowest BCUT2D eigenvalue weighted by atomic mass is 10.1. The molecule has 1 aliphatic rings. The summed E-state index contributed by atoms with van der Waals surface area (Å²) in [6, 6.07) is 5.51. The molecule has 1 aliphatic heterocycles. The van der Waals surface area contributed by atoms with Gasteiger partial charge < -0.3 is 15.1 Å². The molecule has 7 nitrogen and oxygen atoms in total. The predicted octanol–water partition coefficient (Wildman–Crippen LogP) is 2.81. The minimum atomic E-state index is 0. The Labute approximate surface area is 191 Å². The number of hydrogen-bond donors (Lipinski definition) is 1. The Morgan fingerprint density at radius 3 is 2.54 bits per heavy atom. The van der Waals surface area contributed by atoms with Crippen molar-refractivity contribution < 1.29 is 4.79 Å². The van der Waals surface area contributed by atoms with Gasteiger partial charge in [-0.05, 0) is 30.2 Å². The molecule has 10 heteroatoms. The van der Waals surface area contributed by atoms with E-state index in [0.717, 1.165) is 17.7 Å². The zero-order valence-electron chi connectivity index (χ0n) is 15.7. The van der Waals surface area contributed by atoms with Gasteiger partial charge in [0.1, 0.15) is 6.54 Å². The summed E-state index contributed by atoms with van der Waals surface area (Å²) in [4.78, 5) is 20.6. The van der Waals surface area contributed by atoms with Crippen LogP contribution >= 0.6 is 47.2 Å². The number of carbonyl (C=O) groups excluding carboxylic acids is 1. The van der Waals surface area contributed by atoms with Crippen LogP contribution in [0.25, 0.3) is 0 Å². The van der Waals surface area contributed by atoms with Gasteiger partial charge in [-0.3, -0.25) is 14.5 Å². The van der Waals surface area contributed by atoms with Gasteiger partial charge >= 0.3 is 0 Å². The first kappa shape index (κ1) is 22.8. The minimum absolute atomic E-state index is 0.